The van der Waals surface area contributed by atoms with E-state index in [-0.39, 0.29) is 23.4 Å². The molecule has 86 valence electrons. The Kier molecular flexibility index (Phi) is 4.25. The molecule has 16 heavy (non-hydrogen) atoms. The van der Waals surface area contributed by atoms with E-state index < -0.39 is 17.8 Å². The summed E-state index contributed by atoms with van der Waals surface area (Å²) in [7, 11) is 0. The van der Waals surface area contributed by atoms with Gasteiger partial charge >= 0.3 is 5.97 Å². The molecule has 0 saturated heterocycles. The van der Waals surface area contributed by atoms with Crippen LogP contribution in [-0.2, 0) is 16.0 Å². The molecule has 4 nitrogen and oxygen atoms in total. The molecule has 0 aromatic heterocycles. The van der Waals surface area contributed by atoms with Crippen LogP contribution >= 0.6 is 11.6 Å². The van der Waals surface area contributed by atoms with E-state index in [0.29, 0.717) is 0 Å². The predicted molar refractivity (Wildman–Crippen MR) is 55.7 cm³/mol. The summed E-state index contributed by atoms with van der Waals surface area (Å²) in [6.07, 6.45) is 0.0626. The number of amides is 1. The summed E-state index contributed by atoms with van der Waals surface area (Å²) in [5.41, 5.74) is 0.0749. The number of rotatable bonds is 5. The summed E-state index contributed by atoms with van der Waals surface area (Å²) in [6.45, 7) is 0. The van der Waals surface area contributed by atoms with Gasteiger partial charge in [-0.1, -0.05) is 17.7 Å². The number of carbonyl (C=O) groups is 2. The lowest BCUT2D eigenvalue weighted by Crippen LogP contribution is -2.37. The zero-order chi connectivity index (χ0) is 12.1. The van der Waals surface area contributed by atoms with Gasteiger partial charge < -0.3 is 10.4 Å². The monoisotopic (exact) mass is 245 g/mol. The molecule has 0 heterocycles. The van der Waals surface area contributed by atoms with Gasteiger partial charge in [-0.05, 0) is 12.1 Å². The van der Waals surface area contributed by atoms with E-state index in [4.69, 9.17) is 16.7 Å². The molecule has 0 spiro atoms. The van der Waals surface area contributed by atoms with Gasteiger partial charge in [0.05, 0.1) is 0 Å². The smallest absolute Gasteiger partial charge is 0.326 e. The Balaban J connectivity index is 2.93. The van der Waals surface area contributed by atoms with E-state index in [2.05, 4.69) is 5.32 Å². The van der Waals surface area contributed by atoms with Crippen LogP contribution in [0.3, 0.4) is 0 Å². The Hall–Kier alpha value is -1.62. The number of hydrogen-bond acceptors (Lipinski definition) is 2. The molecular weight excluding hydrogens is 237 g/mol. The molecule has 0 radical (unpaired) electrons. The average molecular weight is 246 g/mol. The van der Waals surface area contributed by atoms with E-state index in [9.17, 15) is 14.0 Å². The van der Waals surface area contributed by atoms with Gasteiger partial charge in [-0.2, -0.15) is 0 Å². The van der Waals surface area contributed by atoms with Gasteiger partial charge in [0.15, 0.2) is 0 Å². The molecule has 1 rings (SSSR count). The molecular formula is C10H9ClFNO3. The number of aliphatic carboxylic acids is 1. The minimum absolute atomic E-state index is 0.0749. The summed E-state index contributed by atoms with van der Waals surface area (Å²) in [5.74, 6) is -1.84. The van der Waals surface area contributed by atoms with Crippen LogP contribution in [0.25, 0.3) is 0 Å². The fraction of sp³-hybridized carbons (Fsp3) is 0.200. The summed E-state index contributed by atoms with van der Waals surface area (Å²) in [4.78, 5) is 20.9. The first-order chi connectivity index (χ1) is 7.56. The quantitative estimate of drug-likeness (QED) is 0.767. The van der Waals surface area contributed by atoms with Crippen molar-refractivity contribution in [1.82, 2.24) is 5.32 Å². The Morgan fingerprint density at radius 2 is 2.31 bits per heavy atom. The number of hydrogen-bond donors (Lipinski definition) is 2. The molecule has 0 saturated carbocycles. The minimum Gasteiger partial charge on any atom is -0.480 e. The SMILES string of the molecule is O=CNC(Cc1c(F)cccc1Cl)C(=O)O. The van der Waals surface area contributed by atoms with Crippen molar-refractivity contribution >= 4 is 24.0 Å². The molecule has 0 aliphatic carbocycles. The highest BCUT2D eigenvalue weighted by atomic mass is 35.5. The third kappa shape index (κ3) is 2.93. The molecule has 6 heteroatoms. The molecule has 1 amide bonds. The van der Waals surface area contributed by atoms with Crippen molar-refractivity contribution in [2.75, 3.05) is 0 Å². The average Bonchev–Trinajstić information content (AvgIpc) is 2.21. The third-order valence-electron chi connectivity index (χ3n) is 2.04. The number of halogens is 2. The number of carbonyl (C=O) groups excluding carboxylic acids is 1. The van der Waals surface area contributed by atoms with Crippen molar-refractivity contribution in [1.29, 1.82) is 0 Å². The standard InChI is InChI=1S/C10H9ClFNO3/c11-7-2-1-3-8(12)6(7)4-9(10(15)16)13-5-14/h1-3,5,9H,4H2,(H,13,14)(H,15,16). The first kappa shape index (κ1) is 12.4. The zero-order valence-corrected chi connectivity index (χ0v) is 8.87. The van der Waals surface area contributed by atoms with E-state index in [1.807, 2.05) is 0 Å². The second kappa shape index (κ2) is 5.46. The summed E-state index contributed by atoms with van der Waals surface area (Å²) in [6, 6.07) is 2.87. The maximum Gasteiger partial charge on any atom is 0.326 e. The largest absolute Gasteiger partial charge is 0.480 e. The van der Waals surface area contributed by atoms with Gasteiger partial charge in [0.2, 0.25) is 6.41 Å². The number of benzene rings is 1. The lowest BCUT2D eigenvalue weighted by atomic mass is 10.1. The lowest BCUT2D eigenvalue weighted by molar-refractivity contribution is -0.140. The number of carboxylic acids is 1. The molecule has 1 aromatic carbocycles. The van der Waals surface area contributed by atoms with Gasteiger partial charge in [0.25, 0.3) is 0 Å². The number of carboxylic acid groups (broad SMARTS) is 1. The Morgan fingerprint density at radius 3 is 2.81 bits per heavy atom. The van der Waals surface area contributed by atoms with Crippen molar-refractivity contribution in [3.05, 3.63) is 34.6 Å². The number of nitrogens with one attached hydrogen (secondary N) is 1. The predicted octanol–water partition coefficient (Wildman–Crippen LogP) is 1.22. The highest BCUT2D eigenvalue weighted by Gasteiger charge is 2.20. The first-order valence-corrected chi connectivity index (χ1v) is 4.79. The van der Waals surface area contributed by atoms with E-state index in [0.717, 1.165) is 0 Å². The van der Waals surface area contributed by atoms with Crippen molar-refractivity contribution < 1.29 is 19.1 Å². The Bertz CT molecular complexity index is 391. The molecule has 0 aliphatic heterocycles. The fourth-order valence-corrected chi connectivity index (χ4v) is 1.47. The van der Waals surface area contributed by atoms with Crippen molar-refractivity contribution in [3.8, 4) is 0 Å². The van der Waals surface area contributed by atoms with Gasteiger partial charge in [0, 0.05) is 17.0 Å². The highest BCUT2D eigenvalue weighted by molar-refractivity contribution is 6.31. The van der Waals surface area contributed by atoms with Crippen LogP contribution < -0.4 is 5.32 Å². The topological polar surface area (TPSA) is 66.4 Å². The second-order valence-corrected chi connectivity index (χ2v) is 3.49. The maximum absolute atomic E-state index is 13.3. The van der Waals surface area contributed by atoms with Crippen LogP contribution in [0.15, 0.2) is 18.2 Å². The Labute approximate surface area is 96.0 Å². The van der Waals surface area contributed by atoms with Gasteiger partial charge in [-0.15, -0.1) is 0 Å². The second-order valence-electron chi connectivity index (χ2n) is 3.08. The molecule has 0 aliphatic rings. The van der Waals surface area contributed by atoms with Crippen LogP contribution in [0.2, 0.25) is 5.02 Å². The van der Waals surface area contributed by atoms with Crippen LogP contribution in [-0.4, -0.2) is 23.5 Å². The normalized spacial score (nSPS) is 11.9. The molecule has 2 N–H and O–H groups in total. The van der Waals surface area contributed by atoms with Gasteiger partial charge in [0.1, 0.15) is 11.9 Å². The van der Waals surface area contributed by atoms with E-state index >= 15 is 0 Å². The minimum atomic E-state index is -1.24. The third-order valence-corrected chi connectivity index (χ3v) is 2.39. The Morgan fingerprint density at radius 1 is 1.62 bits per heavy atom. The maximum atomic E-state index is 13.3. The van der Waals surface area contributed by atoms with Crippen LogP contribution in [0.5, 0.6) is 0 Å². The fourth-order valence-electron chi connectivity index (χ4n) is 1.23. The molecule has 0 bridgehead atoms. The van der Waals surface area contributed by atoms with Gasteiger partial charge in [-0.3, -0.25) is 4.79 Å². The molecule has 1 unspecified atom stereocenters. The van der Waals surface area contributed by atoms with Crippen molar-refractivity contribution in [2.45, 2.75) is 12.5 Å². The van der Waals surface area contributed by atoms with Crippen LogP contribution in [0.1, 0.15) is 5.56 Å². The van der Waals surface area contributed by atoms with Crippen LogP contribution in [0.4, 0.5) is 4.39 Å². The van der Waals surface area contributed by atoms with Crippen molar-refractivity contribution in [2.24, 2.45) is 0 Å². The summed E-state index contributed by atoms with van der Waals surface area (Å²) < 4.78 is 13.3. The van der Waals surface area contributed by atoms with Gasteiger partial charge in [-0.25, -0.2) is 9.18 Å². The summed E-state index contributed by atoms with van der Waals surface area (Å²) in [5, 5.41) is 11.0. The van der Waals surface area contributed by atoms with Crippen molar-refractivity contribution in [3.63, 3.8) is 0 Å². The van der Waals surface area contributed by atoms with Crippen LogP contribution in [0, 0.1) is 5.82 Å². The highest BCUT2D eigenvalue weighted by Crippen LogP contribution is 2.20. The zero-order valence-electron chi connectivity index (χ0n) is 8.11. The molecule has 1 aromatic rings. The summed E-state index contributed by atoms with van der Waals surface area (Å²) >= 11 is 5.73. The van der Waals surface area contributed by atoms with E-state index in [1.165, 1.54) is 18.2 Å². The first-order valence-electron chi connectivity index (χ1n) is 4.41. The lowest BCUT2D eigenvalue weighted by Gasteiger charge is -2.12. The van der Waals surface area contributed by atoms with E-state index in [1.54, 1.807) is 0 Å². The molecule has 0 fully saturated rings. The molecule has 1 atom stereocenters.